The molecular weight excluding hydrogens is 244 g/mol. The maximum atomic E-state index is 11.9. The fraction of sp³-hybridized carbons (Fsp3) is 0.462. The van der Waals surface area contributed by atoms with Gasteiger partial charge < -0.3 is 15.0 Å². The van der Waals surface area contributed by atoms with Gasteiger partial charge in [0.2, 0.25) is 0 Å². The van der Waals surface area contributed by atoms with Gasteiger partial charge in [0, 0.05) is 20.1 Å². The van der Waals surface area contributed by atoms with Crippen molar-refractivity contribution >= 4 is 5.97 Å². The molecule has 0 bridgehead atoms. The van der Waals surface area contributed by atoms with Crippen LogP contribution < -0.4 is 5.32 Å². The smallest absolute Gasteiger partial charge is 0.341 e. The lowest BCUT2D eigenvalue weighted by atomic mass is 10.1. The molecule has 1 aliphatic heterocycles. The van der Waals surface area contributed by atoms with E-state index in [0.717, 1.165) is 19.5 Å². The molecule has 0 aromatic rings. The van der Waals surface area contributed by atoms with Crippen molar-refractivity contribution in [2.45, 2.75) is 13.3 Å². The van der Waals surface area contributed by atoms with Crippen molar-refractivity contribution in [3.8, 4) is 12.1 Å². The molecular formula is C13H16N4O2. The monoisotopic (exact) mass is 260 g/mol. The van der Waals surface area contributed by atoms with Crippen molar-refractivity contribution in [2.24, 2.45) is 0 Å². The lowest BCUT2D eigenvalue weighted by Crippen LogP contribution is -2.38. The standard InChI is InChI=1S/C13H16N4O2/c1-3-19-13(18)11(7-10(8-14)9-15)12-16-5-4-6-17(12)2/h7,16H,3-6H2,1-2H3. The number of rotatable bonds is 3. The zero-order valence-corrected chi connectivity index (χ0v) is 11.1. The van der Waals surface area contributed by atoms with Crippen molar-refractivity contribution in [3.63, 3.8) is 0 Å². The Morgan fingerprint density at radius 3 is 2.74 bits per heavy atom. The van der Waals surface area contributed by atoms with E-state index < -0.39 is 5.97 Å². The predicted molar refractivity (Wildman–Crippen MR) is 68.2 cm³/mol. The molecule has 0 radical (unpaired) electrons. The molecule has 1 N–H and O–H groups in total. The molecule has 6 nitrogen and oxygen atoms in total. The molecule has 0 aromatic carbocycles. The van der Waals surface area contributed by atoms with Crippen LogP contribution in [0.2, 0.25) is 0 Å². The van der Waals surface area contributed by atoms with Gasteiger partial charge >= 0.3 is 5.97 Å². The zero-order valence-electron chi connectivity index (χ0n) is 11.1. The average molecular weight is 260 g/mol. The van der Waals surface area contributed by atoms with Crippen LogP contribution in [-0.4, -0.2) is 37.6 Å². The highest BCUT2D eigenvalue weighted by molar-refractivity contribution is 5.93. The number of nitrogens with one attached hydrogen (secondary N) is 1. The number of nitrogens with zero attached hydrogens (tertiary/aromatic N) is 3. The fourth-order valence-electron chi connectivity index (χ4n) is 1.74. The summed E-state index contributed by atoms with van der Waals surface area (Å²) >= 11 is 0. The minimum absolute atomic E-state index is 0.128. The normalized spacial score (nSPS) is 16.5. The van der Waals surface area contributed by atoms with Gasteiger partial charge in [0.15, 0.2) is 0 Å². The molecule has 0 saturated carbocycles. The first-order chi connectivity index (χ1) is 9.13. The molecule has 6 heteroatoms. The molecule has 0 unspecified atom stereocenters. The maximum Gasteiger partial charge on any atom is 0.341 e. The van der Waals surface area contributed by atoms with Crippen molar-refractivity contribution < 1.29 is 9.53 Å². The summed E-state index contributed by atoms with van der Waals surface area (Å²) in [5.74, 6) is 0.0504. The first-order valence-corrected chi connectivity index (χ1v) is 6.02. The molecule has 1 heterocycles. The van der Waals surface area contributed by atoms with Crippen LogP contribution in [0, 0.1) is 22.7 Å². The number of allylic oxidation sites excluding steroid dienone is 1. The topological polar surface area (TPSA) is 89.1 Å². The van der Waals surface area contributed by atoms with Crippen LogP contribution in [0.4, 0.5) is 0 Å². The van der Waals surface area contributed by atoms with Crippen LogP contribution in [0.25, 0.3) is 0 Å². The second-order valence-corrected chi connectivity index (χ2v) is 3.97. The van der Waals surface area contributed by atoms with Crippen LogP contribution in [0.5, 0.6) is 0 Å². The van der Waals surface area contributed by atoms with Gasteiger partial charge in [0.05, 0.1) is 6.61 Å². The SMILES string of the molecule is CCOC(=O)C(C=C(C#N)C#N)=C1NCCCN1C. The third-order valence-corrected chi connectivity index (χ3v) is 2.62. The Morgan fingerprint density at radius 2 is 2.21 bits per heavy atom. The average Bonchev–Trinajstić information content (AvgIpc) is 2.42. The first-order valence-electron chi connectivity index (χ1n) is 6.02. The Kier molecular flexibility index (Phi) is 5.43. The second-order valence-electron chi connectivity index (χ2n) is 3.97. The number of esters is 1. The van der Waals surface area contributed by atoms with Crippen molar-refractivity contribution in [2.75, 3.05) is 26.7 Å². The number of carbonyl (C=O) groups is 1. The third kappa shape index (κ3) is 3.75. The number of nitriles is 2. The van der Waals surface area contributed by atoms with E-state index in [-0.39, 0.29) is 17.8 Å². The maximum absolute atomic E-state index is 11.9. The van der Waals surface area contributed by atoms with Crippen molar-refractivity contribution in [1.29, 1.82) is 10.5 Å². The van der Waals surface area contributed by atoms with Crippen LogP contribution in [0.15, 0.2) is 23.0 Å². The summed E-state index contributed by atoms with van der Waals surface area (Å²) in [5.41, 5.74) is 0.0819. The van der Waals surface area contributed by atoms with Gasteiger partial charge in [-0.1, -0.05) is 0 Å². The predicted octanol–water partition coefficient (Wildman–Crippen LogP) is 0.660. The Bertz CT molecular complexity index is 478. The number of carbonyl (C=O) groups excluding carboxylic acids is 1. The van der Waals surface area contributed by atoms with Gasteiger partial charge in [0.1, 0.15) is 29.1 Å². The van der Waals surface area contributed by atoms with Crippen LogP contribution in [0.1, 0.15) is 13.3 Å². The summed E-state index contributed by atoms with van der Waals surface area (Å²) in [4.78, 5) is 13.8. The molecule has 1 aliphatic rings. The molecule has 0 atom stereocenters. The highest BCUT2D eigenvalue weighted by Gasteiger charge is 2.21. The molecule has 0 aliphatic carbocycles. The Labute approximate surface area is 112 Å². The van der Waals surface area contributed by atoms with Gasteiger partial charge in [-0.3, -0.25) is 0 Å². The molecule has 0 aromatic heterocycles. The van der Waals surface area contributed by atoms with E-state index in [1.165, 1.54) is 6.08 Å². The molecule has 0 amide bonds. The number of ether oxygens (including phenoxy) is 1. The van der Waals surface area contributed by atoms with Crippen molar-refractivity contribution in [1.82, 2.24) is 10.2 Å². The number of hydrogen-bond donors (Lipinski definition) is 1. The Balaban J connectivity index is 3.23. The highest BCUT2D eigenvalue weighted by atomic mass is 16.5. The number of hydrogen-bond acceptors (Lipinski definition) is 6. The van der Waals surface area contributed by atoms with Crippen LogP contribution in [-0.2, 0) is 9.53 Å². The summed E-state index contributed by atoms with van der Waals surface area (Å²) < 4.78 is 4.97. The third-order valence-electron chi connectivity index (χ3n) is 2.62. The first kappa shape index (κ1) is 14.6. The summed E-state index contributed by atoms with van der Waals surface area (Å²) in [6, 6.07) is 3.49. The van der Waals surface area contributed by atoms with Gasteiger partial charge in [-0.05, 0) is 19.4 Å². The lowest BCUT2D eigenvalue weighted by Gasteiger charge is -2.30. The largest absolute Gasteiger partial charge is 0.462 e. The van der Waals surface area contributed by atoms with E-state index >= 15 is 0 Å². The van der Waals surface area contributed by atoms with E-state index in [1.54, 1.807) is 19.1 Å². The minimum Gasteiger partial charge on any atom is -0.462 e. The highest BCUT2D eigenvalue weighted by Crippen LogP contribution is 2.15. The fourth-order valence-corrected chi connectivity index (χ4v) is 1.74. The summed E-state index contributed by atoms with van der Waals surface area (Å²) in [7, 11) is 1.84. The molecule has 0 spiro atoms. The van der Waals surface area contributed by atoms with Crippen molar-refractivity contribution in [3.05, 3.63) is 23.0 Å². The summed E-state index contributed by atoms with van der Waals surface area (Å²) in [6.07, 6.45) is 2.23. The van der Waals surface area contributed by atoms with E-state index in [0.29, 0.717) is 5.82 Å². The van der Waals surface area contributed by atoms with E-state index in [1.807, 2.05) is 11.9 Å². The second kappa shape index (κ2) is 7.07. The molecule has 1 saturated heterocycles. The van der Waals surface area contributed by atoms with Gasteiger partial charge in [-0.25, -0.2) is 4.79 Å². The van der Waals surface area contributed by atoms with Gasteiger partial charge in [0.25, 0.3) is 0 Å². The van der Waals surface area contributed by atoms with Gasteiger partial charge in [-0.2, -0.15) is 10.5 Å². The molecule has 100 valence electrons. The van der Waals surface area contributed by atoms with Crippen LogP contribution in [0.3, 0.4) is 0 Å². The zero-order chi connectivity index (χ0) is 14.3. The molecule has 1 fully saturated rings. The molecule has 1 rings (SSSR count). The van der Waals surface area contributed by atoms with Crippen LogP contribution >= 0.6 is 0 Å². The minimum atomic E-state index is -0.540. The Morgan fingerprint density at radius 1 is 1.53 bits per heavy atom. The molecule has 19 heavy (non-hydrogen) atoms. The summed E-state index contributed by atoms with van der Waals surface area (Å²) in [5, 5.41) is 20.7. The van der Waals surface area contributed by atoms with E-state index in [2.05, 4.69) is 5.32 Å². The van der Waals surface area contributed by atoms with E-state index in [4.69, 9.17) is 15.3 Å². The Hall–Kier alpha value is -2.47. The summed E-state index contributed by atoms with van der Waals surface area (Å²) in [6.45, 7) is 3.48. The quantitative estimate of drug-likeness (QED) is 0.455. The van der Waals surface area contributed by atoms with E-state index in [9.17, 15) is 4.79 Å². The lowest BCUT2D eigenvalue weighted by molar-refractivity contribution is -0.138. The van der Waals surface area contributed by atoms with Gasteiger partial charge in [-0.15, -0.1) is 0 Å².